The molecule has 1 rings (SSSR count). The Balaban J connectivity index is 1.95. The second kappa shape index (κ2) is 11.2. The summed E-state index contributed by atoms with van der Waals surface area (Å²) in [5, 5.41) is 8.85. The van der Waals surface area contributed by atoms with E-state index in [0.29, 0.717) is 24.4 Å². The number of hydrogen-bond donors (Lipinski definition) is 1. The summed E-state index contributed by atoms with van der Waals surface area (Å²) in [5.74, 6) is 0.625. The number of carbonyl (C=O) groups is 1. The highest BCUT2D eigenvalue weighted by Crippen LogP contribution is 2.17. The first-order valence-corrected chi connectivity index (χ1v) is 7.83. The Kier molecular flexibility index (Phi) is 9.40. The molecule has 0 amide bonds. The number of aliphatic hydroxyl groups is 1. The van der Waals surface area contributed by atoms with Crippen LogP contribution in [0.3, 0.4) is 0 Å². The third-order valence-corrected chi connectivity index (χ3v) is 3.37. The van der Waals surface area contributed by atoms with Crippen molar-refractivity contribution in [3.63, 3.8) is 0 Å². The van der Waals surface area contributed by atoms with Gasteiger partial charge in [0.2, 0.25) is 0 Å². The minimum Gasteiger partial charge on any atom is -0.455 e. The van der Waals surface area contributed by atoms with E-state index in [2.05, 4.69) is 6.58 Å². The lowest BCUT2D eigenvalue weighted by molar-refractivity contribution is 0.170. The van der Waals surface area contributed by atoms with Gasteiger partial charge in [-0.05, 0) is 25.0 Å². The van der Waals surface area contributed by atoms with Crippen LogP contribution in [0.5, 0.6) is 5.75 Å². The van der Waals surface area contributed by atoms with Gasteiger partial charge < -0.3 is 14.0 Å². The number of ether oxygens (including phenoxy) is 1. The zero-order chi connectivity index (χ0) is 15.3. The third-order valence-electron chi connectivity index (χ3n) is 2.84. The molecule has 1 N–H and O–H groups in total. The smallest absolute Gasteiger partial charge is 0.407 e. The SMILES string of the molecule is C=CC(O)CCCCCCOC(=O)SOc1ccccc1. The molecule has 0 aliphatic carbocycles. The molecule has 0 heterocycles. The quantitative estimate of drug-likeness (QED) is 0.301. The van der Waals surface area contributed by atoms with Gasteiger partial charge in [0.1, 0.15) is 5.75 Å². The molecular formula is C16H22O4S. The molecule has 1 aromatic carbocycles. The van der Waals surface area contributed by atoms with Gasteiger partial charge in [0, 0.05) is 0 Å². The molecule has 1 unspecified atom stereocenters. The van der Waals surface area contributed by atoms with E-state index in [1.807, 2.05) is 18.2 Å². The Labute approximate surface area is 130 Å². The van der Waals surface area contributed by atoms with Gasteiger partial charge in [0.05, 0.1) is 12.7 Å². The van der Waals surface area contributed by atoms with Crippen LogP contribution in [-0.4, -0.2) is 23.1 Å². The number of para-hydroxylation sites is 1. The molecule has 0 fully saturated rings. The molecule has 1 atom stereocenters. The molecule has 0 saturated heterocycles. The topological polar surface area (TPSA) is 55.8 Å². The molecule has 0 aromatic heterocycles. The lowest BCUT2D eigenvalue weighted by Crippen LogP contribution is -2.02. The maximum Gasteiger partial charge on any atom is 0.407 e. The Bertz CT molecular complexity index is 408. The van der Waals surface area contributed by atoms with Crippen LogP contribution in [0.25, 0.3) is 0 Å². The van der Waals surface area contributed by atoms with Gasteiger partial charge in [0.25, 0.3) is 0 Å². The highest BCUT2D eigenvalue weighted by molar-refractivity contribution is 8.09. The fourth-order valence-corrected chi connectivity index (χ4v) is 2.07. The molecule has 21 heavy (non-hydrogen) atoms. The normalized spacial score (nSPS) is 11.7. The zero-order valence-corrected chi connectivity index (χ0v) is 12.9. The largest absolute Gasteiger partial charge is 0.455 e. The predicted molar refractivity (Wildman–Crippen MR) is 85.3 cm³/mol. The van der Waals surface area contributed by atoms with Gasteiger partial charge >= 0.3 is 5.30 Å². The summed E-state index contributed by atoms with van der Waals surface area (Å²) in [4.78, 5) is 11.4. The van der Waals surface area contributed by atoms with Crippen LogP contribution in [0.15, 0.2) is 43.0 Å². The molecule has 1 aromatic rings. The molecule has 116 valence electrons. The van der Waals surface area contributed by atoms with Crippen molar-refractivity contribution in [1.29, 1.82) is 0 Å². The maximum absolute atomic E-state index is 11.4. The van der Waals surface area contributed by atoms with E-state index >= 15 is 0 Å². The number of rotatable bonds is 10. The predicted octanol–water partition coefficient (Wildman–Crippen LogP) is 4.35. The Morgan fingerprint density at radius 3 is 2.67 bits per heavy atom. The lowest BCUT2D eigenvalue weighted by atomic mass is 10.1. The lowest BCUT2D eigenvalue weighted by Gasteiger charge is -2.06. The Hall–Kier alpha value is -1.46. The highest BCUT2D eigenvalue weighted by atomic mass is 32.2. The number of benzene rings is 1. The first-order valence-electron chi connectivity index (χ1n) is 7.09. The molecule has 4 nitrogen and oxygen atoms in total. The summed E-state index contributed by atoms with van der Waals surface area (Å²) in [5.41, 5.74) is 0. The van der Waals surface area contributed by atoms with Gasteiger partial charge in [-0.1, -0.05) is 43.5 Å². The minimum atomic E-state index is -0.430. The fraction of sp³-hybridized carbons (Fsp3) is 0.438. The van der Waals surface area contributed by atoms with E-state index in [1.54, 1.807) is 18.2 Å². The molecule has 0 aliphatic rings. The molecule has 0 saturated carbocycles. The molecule has 0 spiro atoms. The average molecular weight is 310 g/mol. The van der Waals surface area contributed by atoms with E-state index in [4.69, 9.17) is 8.92 Å². The van der Waals surface area contributed by atoms with E-state index in [0.717, 1.165) is 32.1 Å². The van der Waals surface area contributed by atoms with E-state index < -0.39 is 11.4 Å². The van der Waals surface area contributed by atoms with Crippen molar-refractivity contribution in [3.05, 3.63) is 43.0 Å². The average Bonchev–Trinajstić information content (AvgIpc) is 2.52. The van der Waals surface area contributed by atoms with Gasteiger partial charge in [-0.15, -0.1) is 6.58 Å². The van der Waals surface area contributed by atoms with Crippen molar-refractivity contribution in [2.45, 2.75) is 38.2 Å². The zero-order valence-electron chi connectivity index (χ0n) is 12.1. The molecule has 0 aliphatic heterocycles. The third kappa shape index (κ3) is 9.15. The summed E-state index contributed by atoms with van der Waals surface area (Å²) in [6.45, 7) is 3.92. The van der Waals surface area contributed by atoms with Crippen molar-refractivity contribution >= 4 is 17.3 Å². The van der Waals surface area contributed by atoms with E-state index in [1.165, 1.54) is 0 Å². The monoisotopic (exact) mass is 310 g/mol. The van der Waals surface area contributed by atoms with Gasteiger partial charge in [-0.25, -0.2) is 4.79 Å². The molecular weight excluding hydrogens is 288 g/mol. The van der Waals surface area contributed by atoms with Crippen LogP contribution in [0.1, 0.15) is 32.1 Å². The van der Waals surface area contributed by atoms with Crippen LogP contribution < -0.4 is 4.18 Å². The van der Waals surface area contributed by atoms with Crippen LogP contribution in [0.4, 0.5) is 4.79 Å². The van der Waals surface area contributed by atoms with E-state index in [9.17, 15) is 9.90 Å². The van der Waals surface area contributed by atoms with Crippen LogP contribution in [0, 0.1) is 0 Å². The standard InChI is InChI=1S/C16H22O4S/c1-2-14(17)10-6-3-4-9-13-19-16(18)21-20-15-11-7-5-8-12-15/h2,5,7-8,11-12,14,17H,1,3-4,6,9-10,13H2. The first-order chi connectivity index (χ1) is 10.2. The fourth-order valence-electron chi connectivity index (χ4n) is 1.66. The van der Waals surface area contributed by atoms with Crippen LogP contribution in [0.2, 0.25) is 0 Å². The maximum atomic E-state index is 11.4. The summed E-state index contributed by atoms with van der Waals surface area (Å²) in [7, 11) is 0. The number of carbonyl (C=O) groups excluding carboxylic acids is 1. The highest BCUT2D eigenvalue weighted by Gasteiger charge is 2.06. The van der Waals surface area contributed by atoms with Crippen molar-refractivity contribution < 1.29 is 18.8 Å². The molecule has 0 radical (unpaired) electrons. The summed E-state index contributed by atoms with van der Waals surface area (Å²) < 4.78 is 10.3. The Morgan fingerprint density at radius 2 is 1.95 bits per heavy atom. The first kappa shape index (κ1) is 17.6. The summed E-state index contributed by atoms with van der Waals surface area (Å²) in [6.07, 6.45) is 5.64. The van der Waals surface area contributed by atoms with Gasteiger partial charge in [-0.3, -0.25) is 0 Å². The van der Waals surface area contributed by atoms with Crippen LogP contribution >= 0.6 is 12.0 Å². The van der Waals surface area contributed by atoms with Crippen molar-refractivity contribution in [2.75, 3.05) is 6.61 Å². The number of hydrogen-bond acceptors (Lipinski definition) is 5. The van der Waals surface area contributed by atoms with Crippen molar-refractivity contribution in [2.24, 2.45) is 0 Å². The molecule has 0 bridgehead atoms. The number of unbranched alkanes of at least 4 members (excludes halogenated alkanes) is 3. The van der Waals surface area contributed by atoms with E-state index in [-0.39, 0.29) is 0 Å². The van der Waals surface area contributed by atoms with Crippen molar-refractivity contribution in [3.8, 4) is 5.75 Å². The number of aliphatic hydroxyl groups excluding tert-OH is 1. The summed E-state index contributed by atoms with van der Waals surface area (Å²) in [6, 6.07) is 9.11. The van der Waals surface area contributed by atoms with Crippen LogP contribution in [-0.2, 0) is 4.74 Å². The second-order valence-electron chi connectivity index (χ2n) is 4.58. The Morgan fingerprint density at radius 1 is 1.24 bits per heavy atom. The summed E-state index contributed by atoms with van der Waals surface area (Å²) >= 11 is 0.699. The second-order valence-corrected chi connectivity index (χ2v) is 5.25. The molecule has 5 heteroatoms. The van der Waals surface area contributed by atoms with Gasteiger partial charge in [-0.2, -0.15) is 0 Å². The van der Waals surface area contributed by atoms with Gasteiger partial charge in [0.15, 0.2) is 12.0 Å². The van der Waals surface area contributed by atoms with Crippen molar-refractivity contribution in [1.82, 2.24) is 0 Å². The minimum absolute atomic E-state index is 0.397.